The van der Waals surface area contributed by atoms with Crippen LogP contribution in [-0.2, 0) is 9.59 Å². The van der Waals surface area contributed by atoms with Crippen LogP contribution >= 0.6 is 0 Å². The van der Waals surface area contributed by atoms with Gasteiger partial charge in [-0.1, -0.05) is 12.5 Å². The van der Waals surface area contributed by atoms with Crippen LogP contribution in [0.25, 0.3) is 0 Å². The van der Waals surface area contributed by atoms with Crippen molar-refractivity contribution in [2.75, 3.05) is 6.54 Å². The topological polar surface area (TPSA) is 55.4 Å². The maximum Gasteiger partial charge on any atom is 0.311 e. The van der Waals surface area contributed by atoms with Crippen LogP contribution in [-0.4, -0.2) is 18.4 Å². The second-order valence-corrected chi connectivity index (χ2v) is 5.47. The number of amides is 1. The first-order chi connectivity index (χ1) is 9.90. The minimum atomic E-state index is -0.192. The van der Waals surface area contributed by atoms with Crippen molar-refractivity contribution in [2.24, 2.45) is 0 Å². The molecule has 0 saturated heterocycles. The lowest BCUT2D eigenvalue weighted by atomic mass is 10.1. The Balaban J connectivity index is 2.33. The summed E-state index contributed by atoms with van der Waals surface area (Å²) in [4.78, 5) is 22.5. The van der Waals surface area contributed by atoms with Crippen molar-refractivity contribution in [1.29, 1.82) is 0 Å². The van der Waals surface area contributed by atoms with Gasteiger partial charge in [-0.15, -0.1) is 0 Å². The molecular weight excluding hydrogens is 266 g/mol. The number of esters is 1. The molecule has 0 aromatic heterocycles. The molecule has 21 heavy (non-hydrogen) atoms. The summed E-state index contributed by atoms with van der Waals surface area (Å²) >= 11 is 0. The van der Waals surface area contributed by atoms with Crippen molar-refractivity contribution in [1.82, 2.24) is 5.32 Å². The third-order valence-corrected chi connectivity index (χ3v) is 3.42. The number of carbonyl (C=O) groups excluding carboxylic acids is 2. The van der Waals surface area contributed by atoms with Crippen LogP contribution in [0.15, 0.2) is 12.1 Å². The zero-order valence-corrected chi connectivity index (χ0v) is 13.4. The molecule has 1 aromatic rings. The zero-order valence-electron chi connectivity index (χ0n) is 13.4. The first-order valence-electron chi connectivity index (χ1n) is 7.43. The molecule has 4 nitrogen and oxygen atoms in total. The quantitative estimate of drug-likeness (QED) is 0.477. The van der Waals surface area contributed by atoms with Crippen molar-refractivity contribution in [3.63, 3.8) is 0 Å². The summed E-state index contributed by atoms with van der Waals surface area (Å²) in [7, 11) is 0. The highest BCUT2D eigenvalue weighted by Crippen LogP contribution is 2.23. The molecule has 0 aliphatic heterocycles. The number of hydrogen-bond acceptors (Lipinski definition) is 3. The monoisotopic (exact) mass is 291 g/mol. The van der Waals surface area contributed by atoms with Gasteiger partial charge in [0.05, 0.1) is 0 Å². The van der Waals surface area contributed by atoms with Gasteiger partial charge in [0.1, 0.15) is 5.75 Å². The largest absolute Gasteiger partial charge is 0.426 e. The Bertz CT molecular complexity index is 509. The Hall–Kier alpha value is -1.84. The van der Waals surface area contributed by atoms with Crippen molar-refractivity contribution < 1.29 is 14.3 Å². The molecule has 0 radical (unpaired) electrons. The summed E-state index contributed by atoms with van der Waals surface area (Å²) in [5.41, 5.74) is 3.24. The zero-order chi connectivity index (χ0) is 15.8. The lowest BCUT2D eigenvalue weighted by Gasteiger charge is -2.11. The second-order valence-electron chi connectivity index (χ2n) is 5.47. The highest BCUT2D eigenvalue weighted by atomic mass is 16.5. The molecule has 0 bridgehead atoms. The Labute approximate surface area is 126 Å². The highest BCUT2D eigenvalue weighted by molar-refractivity contribution is 5.73. The Kier molecular flexibility index (Phi) is 6.92. The molecule has 0 saturated carbocycles. The lowest BCUT2D eigenvalue weighted by molar-refractivity contribution is -0.134. The summed E-state index contributed by atoms with van der Waals surface area (Å²) in [5, 5.41) is 2.74. The van der Waals surface area contributed by atoms with E-state index in [0.29, 0.717) is 18.7 Å². The molecule has 1 rings (SSSR count). The van der Waals surface area contributed by atoms with Gasteiger partial charge < -0.3 is 10.1 Å². The molecule has 0 aliphatic rings. The Morgan fingerprint density at radius 2 is 1.81 bits per heavy atom. The number of ether oxygens (including phenoxy) is 1. The van der Waals surface area contributed by atoms with Gasteiger partial charge in [0, 0.05) is 19.9 Å². The van der Waals surface area contributed by atoms with E-state index in [1.165, 1.54) is 6.92 Å². The maximum atomic E-state index is 11.8. The number of carbonyl (C=O) groups is 2. The minimum Gasteiger partial charge on any atom is -0.426 e. The van der Waals surface area contributed by atoms with E-state index in [9.17, 15) is 9.59 Å². The van der Waals surface area contributed by atoms with Gasteiger partial charge in [-0.25, -0.2) is 0 Å². The molecular formula is C17H25NO3. The predicted molar refractivity (Wildman–Crippen MR) is 83.4 cm³/mol. The second kappa shape index (κ2) is 8.45. The predicted octanol–water partition coefficient (Wildman–Crippen LogP) is 3.21. The average Bonchev–Trinajstić information content (AvgIpc) is 2.39. The average molecular weight is 291 g/mol. The van der Waals surface area contributed by atoms with Crippen LogP contribution in [0.3, 0.4) is 0 Å². The fourth-order valence-electron chi connectivity index (χ4n) is 2.12. The summed E-state index contributed by atoms with van der Waals surface area (Å²) in [6.07, 6.45) is 2.98. The fraction of sp³-hybridized carbons (Fsp3) is 0.529. The van der Waals surface area contributed by atoms with Crippen molar-refractivity contribution in [3.8, 4) is 5.75 Å². The van der Waals surface area contributed by atoms with Gasteiger partial charge in [-0.3, -0.25) is 9.59 Å². The third kappa shape index (κ3) is 6.43. The van der Waals surface area contributed by atoms with E-state index >= 15 is 0 Å². The molecule has 0 fully saturated rings. The fourth-order valence-corrected chi connectivity index (χ4v) is 2.12. The number of aryl methyl sites for hydroxylation is 2. The van der Waals surface area contributed by atoms with Crippen LogP contribution in [0.4, 0.5) is 0 Å². The van der Waals surface area contributed by atoms with Gasteiger partial charge in [-0.2, -0.15) is 0 Å². The SMILES string of the molecule is CC(=O)NCCCCCC(=O)Oc1cc(C)cc(C)c1C. The van der Waals surface area contributed by atoms with Crippen LogP contribution in [0.1, 0.15) is 49.3 Å². The normalized spacial score (nSPS) is 10.3. The van der Waals surface area contributed by atoms with Gasteiger partial charge in [0.15, 0.2) is 0 Å². The van der Waals surface area contributed by atoms with Crippen LogP contribution in [0, 0.1) is 20.8 Å². The van der Waals surface area contributed by atoms with E-state index in [0.717, 1.165) is 36.0 Å². The molecule has 0 heterocycles. The molecule has 1 N–H and O–H groups in total. The van der Waals surface area contributed by atoms with Crippen molar-refractivity contribution >= 4 is 11.9 Å². The molecule has 4 heteroatoms. The minimum absolute atomic E-state index is 0.0142. The van der Waals surface area contributed by atoms with E-state index in [1.807, 2.05) is 26.8 Å². The summed E-state index contributed by atoms with van der Waals surface area (Å²) in [6.45, 7) is 8.14. The summed E-state index contributed by atoms with van der Waals surface area (Å²) in [6, 6.07) is 3.98. The third-order valence-electron chi connectivity index (χ3n) is 3.42. The first-order valence-corrected chi connectivity index (χ1v) is 7.43. The number of nitrogens with one attached hydrogen (secondary N) is 1. The lowest BCUT2D eigenvalue weighted by Crippen LogP contribution is -2.20. The van der Waals surface area contributed by atoms with E-state index in [-0.39, 0.29) is 11.9 Å². The molecule has 0 unspecified atom stereocenters. The maximum absolute atomic E-state index is 11.8. The van der Waals surface area contributed by atoms with Gasteiger partial charge in [0.25, 0.3) is 0 Å². The van der Waals surface area contributed by atoms with Crippen LogP contribution < -0.4 is 10.1 Å². The Morgan fingerprint density at radius 3 is 2.48 bits per heavy atom. The number of hydrogen-bond donors (Lipinski definition) is 1. The molecule has 1 amide bonds. The smallest absolute Gasteiger partial charge is 0.311 e. The number of unbranched alkanes of at least 4 members (excludes halogenated alkanes) is 2. The molecule has 1 aromatic carbocycles. The number of benzene rings is 1. The summed E-state index contributed by atoms with van der Waals surface area (Å²) in [5.74, 6) is 0.457. The van der Waals surface area contributed by atoms with Crippen LogP contribution in [0.5, 0.6) is 5.75 Å². The molecule has 0 atom stereocenters. The molecule has 0 aliphatic carbocycles. The van der Waals surface area contributed by atoms with Crippen LogP contribution in [0.2, 0.25) is 0 Å². The van der Waals surface area contributed by atoms with Crippen molar-refractivity contribution in [2.45, 2.75) is 53.4 Å². The van der Waals surface area contributed by atoms with E-state index in [4.69, 9.17) is 4.74 Å². The highest BCUT2D eigenvalue weighted by Gasteiger charge is 2.09. The van der Waals surface area contributed by atoms with E-state index < -0.39 is 0 Å². The molecule has 0 spiro atoms. The van der Waals surface area contributed by atoms with Gasteiger partial charge in [-0.05, 0) is 56.4 Å². The first kappa shape index (κ1) is 17.2. The number of rotatable bonds is 7. The van der Waals surface area contributed by atoms with Gasteiger partial charge in [0.2, 0.25) is 5.91 Å². The van der Waals surface area contributed by atoms with Crippen molar-refractivity contribution in [3.05, 3.63) is 28.8 Å². The van der Waals surface area contributed by atoms with E-state index in [1.54, 1.807) is 0 Å². The van der Waals surface area contributed by atoms with Gasteiger partial charge >= 0.3 is 5.97 Å². The standard InChI is InChI=1S/C17H25NO3/c1-12-10-13(2)14(3)16(11-12)21-17(20)8-6-5-7-9-18-15(4)19/h10-11H,5-9H2,1-4H3,(H,18,19). The summed E-state index contributed by atoms with van der Waals surface area (Å²) < 4.78 is 5.44. The van der Waals surface area contributed by atoms with E-state index in [2.05, 4.69) is 11.4 Å². The molecule has 116 valence electrons. The Morgan fingerprint density at radius 1 is 1.10 bits per heavy atom.